The van der Waals surface area contributed by atoms with Gasteiger partial charge in [0.05, 0.1) is 23.8 Å². The summed E-state index contributed by atoms with van der Waals surface area (Å²) < 4.78 is 20.1. The first-order chi connectivity index (χ1) is 11.7. The molecule has 2 saturated heterocycles. The van der Waals surface area contributed by atoms with Crippen molar-refractivity contribution < 1.29 is 9.13 Å². The Morgan fingerprint density at radius 3 is 2.88 bits per heavy atom. The molecule has 2 aliphatic heterocycles. The van der Waals surface area contributed by atoms with Gasteiger partial charge in [-0.3, -0.25) is 4.90 Å². The van der Waals surface area contributed by atoms with Crippen LogP contribution in [0.5, 0.6) is 0 Å². The van der Waals surface area contributed by atoms with Crippen molar-refractivity contribution in [3.05, 3.63) is 59.0 Å². The number of anilines is 1. The summed E-state index contributed by atoms with van der Waals surface area (Å²) in [5.74, 6) is -0.0205. The van der Waals surface area contributed by atoms with Gasteiger partial charge in [0, 0.05) is 32.4 Å². The van der Waals surface area contributed by atoms with Crippen LogP contribution in [0.25, 0.3) is 0 Å². The van der Waals surface area contributed by atoms with E-state index in [2.05, 4.69) is 34.1 Å². The fourth-order valence-electron chi connectivity index (χ4n) is 3.59. The quantitative estimate of drug-likeness (QED) is 0.853. The minimum Gasteiger partial charge on any atom is -0.373 e. The van der Waals surface area contributed by atoms with Crippen LogP contribution >= 0.6 is 11.6 Å². The maximum Gasteiger partial charge on any atom is 0.167 e. The van der Waals surface area contributed by atoms with Gasteiger partial charge in [-0.25, -0.2) is 9.37 Å². The fourth-order valence-corrected chi connectivity index (χ4v) is 3.73. The van der Waals surface area contributed by atoms with Crippen LogP contribution in [0, 0.1) is 5.82 Å². The molecule has 0 aliphatic carbocycles. The van der Waals surface area contributed by atoms with Crippen molar-refractivity contribution in [1.29, 1.82) is 0 Å². The zero-order valence-corrected chi connectivity index (χ0v) is 14.0. The first kappa shape index (κ1) is 15.8. The molecule has 3 heterocycles. The van der Waals surface area contributed by atoms with Gasteiger partial charge in [-0.2, -0.15) is 0 Å². The first-order valence-electron chi connectivity index (χ1n) is 8.16. The molecule has 6 heteroatoms. The molecule has 126 valence electrons. The maximum absolute atomic E-state index is 14.2. The monoisotopic (exact) mass is 347 g/mol. The van der Waals surface area contributed by atoms with Gasteiger partial charge in [0.2, 0.25) is 0 Å². The molecule has 2 aliphatic rings. The molecule has 1 aromatic heterocycles. The molecular weight excluding hydrogens is 329 g/mol. The van der Waals surface area contributed by atoms with E-state index >= 15 is 0 Å². The summed E-state index contributed by atoms with van der Waals surface area (Å²) >= 11 is 5.81. The third kappa shape index (κ3) is 3.11. The zero-order valence-electron chi connectivity index (χ0n) is 13.2. The maximum atomic E-state index is 14.2. The summed E-state index contributed by atoms with van der Waals surface area (Å²) in [4.78, 5) is 8.56. The van der Waals surface area contributed by atoms with Crippen molar-refractivity contribution in [2.45, 2.75) is 18.7 Å². The Labute approximate surface area is 145 Å². The molecule has 0 saturated carbocycles. The summed E-state index contributed by atoms with van der Waals surface area (Å²) in [5.41, 5.74) is 1.28. The smallest absolute Gasteiger partial charge is 0.167 e. The number of nitrogens with zero attached hydrogens (tertiary/aromatic N) is 3. The van der Waals surface area contributed by atoms with E-state index in [-0.39, 0.29) is 18.0 Å². The average molecular weight is 348 g/mol. The van der Waals surface area contributed by atoms with Crippen LogP contribution in [0.3, 0.4) is 0 Å². The highest BCUT2D eigenvalue weighted by molar-refractivity contribution is 6.30. The molecule has 0 radical (unpaired) electrons. The van der Waals surface area contributed by atoms with Crippen LogP contribution in [0.2, 0.25) is 5.02 Å². The number of hydrogen-bond donors (Lipinski definition) is 0. The van der Waals surface area contributed by atoms with Crippen LogP contribution in [0.4, 0.5) is 10.2 Å². The van der Waals surface area contributed by atoms with Gasteiger partial charge in [0.1, 0.15) is 0 Å². The summed E-state index contributed by atoms with van der Waals surface area (Å²) in [5, 5.41) is 0.315. The van der Waals surface area contributed by atoms with Gasteiger partial charge in [-0.15, -0.1) is 0 Å². The van der Waals surface area contributed by atoms with E-state index in [1.54, 1.807) is 0 Å². The molecule has 0 amide bonds. The number of ether oxygens (including phenoxy) is 1. The van der Waals surface area contributed by atoms with E-state index in [1.165, 1.54) is 17.8 Å². The van der Waals surface area contributed by atoms with Gasteiger partial charge < -0.3 is 9.64 Å². The molecule has 2 unspecified atom stereocenters. The minimum atomic E-state index is -0.379. The molecule has 0 spiro atoms. The molecule has 0 N–H and O–H groups in total. The lowest BCUT2D eigenvalue weighted by Gasteiger charge is -2.36. The second-order valence-corrected chi connectivity index (χ2v) is 6.73. The number of hydrogen-bond acceptors (Lipinski definition) is 4. The fraction of sp³-hybridized carbons (Fsp3) is 0.389. The van der Waals surface area contributed by atoms with Crippen LogP contribution in [0.15, 0.2) is 42.6 Å². The number of pyridine rings is 1. The zero-order chi connectivity index (χ0) is 16.5. The number of benzene rings is 1. The minimum absolute atomic E-state index is 0.0827. The van der Waals surface area contributed by atoms with E-state index in [4.69, 9.17) is 16.3 Å². The SMILES string of the molecule is Fc1cc(Cl)cnc1N1CC2OCCN(Cc3ccccc3)C2C1. The van der Waals surface area contributed by atoms with Crippen molar-refractivity contribution >= 4 is 17.4 Å². The summed E-state index contributed by atoms with van der Waals surface area (Å²) in [6, 6.07) is 12.0. The second kappa shape index (κ2) is 6.67. The van der Waals surface area contributed by atoms with E-state index in [0.717, 1.165) is 13.1 Å². The normalized spacial score (nSPS) is 24.2. The lowest BCUT2D eigenvalue weighted by Crippen LogP contribution is -2.50. The van der Waals surface area contributed by atoms with Crippen molar-refractivity contribution in [2.24, 2.45) is 0 Å². The van der Waals surface area contributed by atoms with Gasteiger partial charge in [-0.05, 0) is 11.6 Å². The van der Waals surface area contributed by atoms with Crippen molar-refractivity contribution in [2.75, 3.05) is 31.1 Å². The van der Waals surface area contributed by atoms with E-state index in [9.17, 15) is 4.39 Å². The Kier molecular flexibility index (Phi) is 4.39. The topological polar surface area (TPSA) is 28.6 Å². The second-order valence-electron chi connectivity index (χ2n) is 6.30. The highest BCUT2D eigenvalue weighted by Crippen LogP contribution is 2.29. The molecule has 2 atom stereocenters. The number of halogens is 2. The Morgan fingerprint density at radius 2 is 2.08 bits per heavy atom. The highest BCUT2D eigenvalue weighted by Gasteiger charge is 2.41. The summed E-state index contributed by atoms with van der Waals surface area (Å²) in [6.45, 7) is 3.85. The third-order valence-electron chi connectivity index (χ3n) is 4.73. The lowest BCUT2D eigenvalue weighted by atomic mass is 10.1. The number of morpholine rings is 1. The number of aromatic nitrogens is 1. The average Bonchev–Trinajstić information content (AvgIpc) is 3.01. The lowest BCUT2D eigenvalue weighted by molar-refractivity contribution is -0.0499. The molecule has 2 aromatic rings. The molecular formula is C18H19ClFN3O. The predicted molar refractivity (Wildman–Crippen MR) is 91.8 cm³/mol. The van der Waals surface area contributed by atoms with Crippen LogP contribution in [-0.2, 0) is 11.3 Å². The third-order valence-corrected chi connectivity index (χ3v) is 4.94. The predicted octanol–water partition coefficient (Wildman–Crippen LogP) is 2.96. The van der Waals surface area contributed by atoms with Crippen LogP contribution in [0.1, 0.15) is 5.56 Å². The summed E-state index contributed by atoms with van der Waals surface area (Å²) in [6.07, 6.45) is 1.57. The van der Waals surface area contributed by atoms with Gasteiger partial charge in [0.25, 0.3) is 0 Å². The Hall–Kier alpha value is -1.69. The molecule has 0 bridgehead atoms. The van der Waals surface area contributed by atoms with Crippen molar-refractivity contribution in [1.82, 2.24) is 9.88 Å². The van der Waals surface area contributed by atoms with Gasteiger partial charge in [0.15, 0.2) is 11.6 Å². The van der Waals surface area contributed by atoms with Crippen LogP contribution in [-0.4, -0.2) is 48.3 Å². The number of fused-ring (bicyclic) bond motifs is 1. The van der Waals surface area contributed by atoms with Gasteiger partial charge in [-0.1, -0.05) is 41.9 Å². The van der Waals surface area contributed by atoms with E-state index < -0.39 is 0 Å². The van der Waals surface area contributed by atoms with E-state index in [1.807, 2.05) is 11.0 Å². The Bertz CT molecular complexity index is 715. The van der Waals surface area contributed by atoms with Gasteiger partial charge >= 0.3 is 0 Å². The largest absolute Gasteiger partial charge is 0.373 e. The molecule has 4 nitrogen and oxygen atoms in total. The standard InChI is InChI=1S/C18H19ClFN3O/c19-14-8-15(20)18(21-9-14)23-11-16-17(12-23)24-7-6-22(16)10-13-4-2-1-3-5-13/h1-5,8-9,16-17H,6-7,10-12H2. The summed E-state index contributed by atoms with van der Waals surface area (Å²) in [7, 11) is 0. The Morgan fingerprint density at radius 1 is 1.25 bits per heavy atom. The molecule has 2 fully saturated rings. The van der Waals surface area contributed by atoms with Crippen molar-refractivity contribution in [3.8, 4) is 0 Å². The first-order valence-corrected chi connectivity index (χ1v) is 8.54. The molecule has 1 aromatic carbocycles. The van der Waals surface area contributed by atoms with E-state index in [0.29, 0.717) is 30.5 Å². The highest BCUT2D eigenvalue weighted by atomic mass is 35.5. The Balaban J connectivity index is 1.52. The van der Waals surface area contributed by atoms with Crippen molar-refractivity contribution in [3.63, 3.8) is 0 Å². The molecule has 4 rings (SSSR count). The van der Waals surface area contributed by atoms with Crippen LogP contribution < -0.4 is 4.90 Å². The number of rotatable bonds is 3. The molecule has 24 heavy (non-hydrogen) atoms.